The van der Waals surface area contributed by atoms with E-state index >= 15 is 0 Å². The summed E-state index contributed by atoms with van der Waals surface area (Å²) in [5.74, 6) is -9.38. The van der Waals surface area contributed by atoms with Crippen LogP contribution in [-0.2, 0) is 47.9 Å². The summed E-state index contributed by atoms with van der Waals surface area (Å²) in [6.07, 6.45) is 1.27. The summed E-state index contributed by atoms with van der Waals surface area (Å²) in [5, 5.41) is 35.4. The molecule has 0 spiro atoms. The number of carbonyl (C=O) groups excluding carboxylic acids is 8. The maximum atomic E-state index is 14.3. The number of hydrogen-bond donors (Lipinski definition) is 14. The lowest BCUT2D eigenvalue weighted by Gasteiger charge is -2.31. The van der Waals surface area contributed by atoms with Crippen LogP contribution in [0.3, 0.4) is 0 Å². The molecule has 20 N–H and O–H groups in total. The van der Waals surface area contributed by atoms with Crippen LogP contribution in [0.5, 0.6) is 0 Å². The number of guanidine groups is 2. The first-order valence-electron chi connectivity index (χ1n) is 24.6. The van der Waals surface area contributed by atoms with Crippen LogP contribution >= 0.6 is 0 Å². The average Bonchev–Trinajstić information content (AvgIpc) is 4.03. The molecule has 404 valence electrons. The average molecular weight is 1020 g/mol. The number of hydrogen-bond acceptors (Lipinski definition) is 14. The number of amides is 8. The first-order valence-corrected chi connectivity index (χ1v) is 24.6. The van der Waals surface area contributed by atoms with Crippen LogP contribution in [0, 0.1) is 0 Å². The van der Waals surface area contributed by atoms with Gasteiger partial charge in [0.15, 0.2) is 11.9 Å². The monoisotopic (exact) mass is 1020 g/mol. The molecule has 0 aromatic heterocycles. The summed E-state index contributed by atoms with van der Waals surface area (Å²) in [4.78, 5) is 147. The summed E-state index contributed by atoms with van der Waals surface area (Å²) in [6.45, 7) is 0.827. The quantitative estimate of drug-likeness (QED) is 0.0274. The summed E-state index contributed by atoms with van der Waals surface area (Å²) in [6, 6.07) is -10.7. The maximum Gasteiger partial charge on any atom is 0.326 e. The Morgan fingerprint density at radius 3 is 1.28 bits per heavy atom. The minimum atomic E-state index is -1.52. The van der Waals surface area contributed by atoms with Gasteiger partial charge in [0.05, 0.1) is 0 Å². The molecular formula is C44H76N16O12. The normalized spacial score (nSPS) is 23.5. The molecule has 8 unspecified atom stereocenters. The molecule has 3 rings (SSSR count). The Morgan fingerprint density at radius 1 is 0.569 bits per heavy atom. The molecule has 8 amide bonds. The molecule has 0 saturated carbocycles. The van der Waals surface area contributed by atoms with E-state index in [2.05, 4.69) is 41.9 Å². The van der Waals surface area contributed by atoms with Crippen LogP contribution in [0.25, 0.3) is 0 Å². The second-order valence-corrected chi connectivity index (χ2v) is 18.1. The highest BCUT2D eigenvalue weighted by molar-refractivity contribution is 5.97. The van der Waals surface area contributed by atoms with Gasteiger partial charge in [-0.3, -0.25) is 48.3 Å². The number of fused-ring (bicyclic) bond motifs is 2. The molecule has 3 aliphatic heterocycles. The molecule has 8 atom stereocenters. The lowest BCUT2D eigenvalue weighted by atomic mass is 10.0. The zero-order valence-electron chi connectivity index (χ0n) is 40.8. The Morgan fingerprint density at radius 2 is 0.944 bits per heavy atom. The van der Waals surface area contributed by atoms with Gasteiger partial charge in [-0.05, 0) is 116 Å². The number of unbranched alkanes of at least 4 members (excludes halogenated alkanes) is 2. The molecule has 0 aromatic rings. The maximum absolute atomic E-state index is 14.3. The Kier molecular flexibility index (Phi) is 25.4. The molecule has 28 nitrogen and oxygen atoms in total. The topological polar surface area (TPSA) is 471 Å². The summed E-state index contributed by atoms with van der Waals surface area (Å²) >= 11 is 0. The van der Waals surface area contributed by atoms with Crippen LogP contribution in [-0.4, -0.2) is 179 Å². The van der Waals surface area contributed by atoms with Gasteiger partial charge in [-0.15, -0.1) is 0 Å². The lowest BCUT2D eigenvalue weighted by molar-refractivity contribution is -0.144. The van der Waals surface area contributed by atoms with Gasteiger partial charge in [-0.1, -0.05) is 0 Å². The van der Waals surface area contributed by atoms with Gasteiger partial charge < -0.3 is 86.3 Å². The number of carboxylic acid groups (broad SMARTS) is 2. The number of nitrogens with zero attached hydrogens (tertiary/aromatic N) is 4. The van der Waals surface area contributed by atoms with Crippen molar-refractivity contribution in [2.45, 2.75) is 164 Å². The molecule has 0 aliphatic carbocycles. The Labute approximate surface area is 417 Å². The Balaban J connectivity index is 2.06. The lowest BCUT2D eigenvalue weighted by Crippen LogP contribution is -2.58. The van der Waals surface area contributed by atoms with Gasteiger partial charge in [-0.2, -0.15) is 0 Å². The number of aliphatic imine (C=N–C) groups is 2. The van der Waals surface area contributed by atoms with Gasteiger partial charge in [0.1, 0.15) is 48.3 Å². The Bertz CT molecular complexity index is 1830. The number of carboxylic acids is 2. The highest BCUT2D eigenvalue weighted by Gasteiger charge is 2.42. The zero-order valence-corrected chi connectivity index (χ0v) is 40.8. The second-order valence-electron chi connectivity index (χ2n) is 18.1. The molecule has 3 fully saturated rings. The van der Waals surface area contributed by atoms with Crippen molar-refractivity contribution in [2.24, 2.45) is 44.4 Å². The molecule has 72 heavy (non-hydrogen) atoms. The van der Waals surface area contributed by atoms with Crippen molar-refractivity contribution in [1.29, 1.82) is 0 Å². The first-order chi connectivity index (χ1) is 34.3. The second kappa shape index (κ2) is 30.8. The van der Waals surface area contributed by atoms with Crippen molar-refractivity contribution in [3.63, 3.8) is 0 Å². The number of rotatable bonds is 22. The van der Waals surface area contributed by atoms with Crippen molar-refractivity contribution in [3.8, 4) is 0 Å². The van der Waals surface area contributed by atoms with E-state index < -0.39 is 120 Å². The summed E-state index contributed by atoms with van der Waals surface area (Å²) in [7, 11) is 0. The van der Waals surface area contributed by atoms with Crippen LogP contribution in [0.4, 0.5) is 0 Å². The van der Waals surface area contributed by atoms with E-state index in [1.807, 2.05) is 0 Å². The minimum Gasteiger partial charge on any atom is -0.480 e. The van der Waals surface area contributed by atoms with Crippen LogP contribution < -0.4 is 66.3 Å². The third-order valence-electron chi connectivity index (χ3n) is 12.5. The van der Waals surface area contributed by atoms with Gasteiger partial charge in [0.2, 0.25) is 47.3 Å². The van der Waals surface area contributed by atoms with Crippen molar-refractivity contribution in [1.82, 2.24) is 41.7 Å². The largest absolute Gasteiger partial charge is 0.480 e. The third kappa shape index (κ3) is 19.7. The first kappa shape index (κ1) is 59.5. The standard InChI is InChI=1S/C44H76N16O12/c45-19-3-1-9-27-39(67)59-23-7-13-31(59)37(65)55-26(36(64)58-30(42(71)72)12-6-22-52-44(49)50)16-18-34(62)54-28(10-2-4-20-46)40(68)60-24-8-14-32(60)38(66)56-25(15-17-33(61)53-27)35(63)57-29(41(69)70)11-5-21-51-43(47)48/h25-32H,1-24,45-46H2,(H,53,61)(H,54,62)(H,55,65)(H,56,66)(H,57,63)(H,58,64)(H,69,70)(H,71,72)(H4,47,48,51)(H4,49,50,52). The highest BCUT2D eigenvalue weighted by atomic mass is 16.4. The van der Waals surface area contributed by atoms with E-state index in [1.54, 1.807) is 0 Å². The van der Waals surface area contributed by atoms with Gasteiger partial charge >= 0.3 is 11.9 Å². The number of aliphatic carboxylic acids is 2. The highest BCUT2D eigenvalue weighted by Crippen LogP contribution is 2.23. The molecule has 0 radical (unpaired) electrons. The van der Waals surface area contributed by atoms with Gasteiger partial charge in [0, 0.05) is 39.0 Å². The molecule has 0 aromatic carbocycles. The van der Waals surface area contributed by atoms with E-state index in [-0.39, 0.29) is 115 Å². The minimum absolute atomic E-state index is 0.0621. The van der Waals surface area contributed by atoms with Crippen LogP contribution in [0.15, 0.2) is 9.98 Å². The SMILES string of the molecule is NCCCCC1NC(=O)CCC(C(=O)NC(CCCN=C(N)N)C(=O)O)NC(=O)C2CCCN2C(=O)C(CCCCN)NC(=O)CCC(C(=O)NC(CCCN=C(N)N)C(=O)O)NC(=O)C2CCCN2C1=O. The zero-order chi connectivity index (χ0) is 53.3. The number of carbonyl (C=O) groups is 10. The molecular weight excluding hydrogens is 945 g/mol. The third-order valence-corrected chi connectivity index (χ3v) is 12.5. The van der Waals surface area contributed by atoms with Crippen molar-refractivity contribution in [3.05, 3.63) is 0 Å². The molecule has 0 bridgehead atoms. The predicted molar refractivity (Wildman–Crippen MR) is 260 cm³/mol. The molecule has 3 aliphatic rings. The number of nitrogens with one attached hydrogen (secondary N) is 6. The fourth-order valence-electron chi connectivity index (χ4n) is 8.73. The summed E-state index contributed by atoms with van der Waals surface area (Å²) in [5.41, 5.74) is 33.0. The van der Waals surface area contributed by atoms with E-state index in [0.717, 1.165) is 0 Å². The Hall–Kier alpha value is -6.84. The van der Waals surface area contributed by atoms with E-state index in [0.29, 0.717) is 38.5 Å². The van der Waals surface area contributed by atoms with Crippen molar-refractivity contribution < 1.29 is 58.2 Å². The predicted octanol–water partition coefficient (Wildman–Crippen LogP) is -5.01. The van der Waals surface area contributed by atoms with Crippen LogP contribution in [0.1, 0.15) is 116 Å². The van der Waals surface area contributed by atoms with Gasteiger partial charge in [0.25, 0.3) is 0 Å². The van der Waals surface area contributed by atoms with E-state index in [4.69, 9.17) is 34.4 Å². The van der Waals surface area contributed by atoms with Gasteiger partial charge in [-0.25, -0.2) is 9.59 Å². The molecule has 28 heteroatoms. The van der Waals surface area contributed by atoms with Crippen LogP contribution in [0.2, 0.25) is 0 Å². The smallest absolute Gasteiger partial charge is 0.326 e. The van der Waals surface area contributed by atoms with E-state index in [9.17, 15) is 58.2 Å². The van der Waals surface area contributed by atoms with E-state index in [1.165, 1.54) is 9.80 Å². The fourth-order valence-corrected chi connectivity index (χ4v) is 8.73. The number of nitrogens with two attached hydrogens (primary N) is 6. The van der Waals surface area contributed by atoms with Crippen molar-refractivity contribution >= 4 is 71.1 Å². The fraction of sp³-hybridized carbons (Fsp3) is 0.727. The van der Waals surface area contributed by atoms with Crippen molar-refractivity contribution in [2.75, 3.05) is 39.3 Å². The molecule has 3 saturated heterocycles. The molecule has 3 heterocycles. The summed E-state index contributed by atoms with van der Waals surface area (Å²) < 4.78 is 0.